The van der Waals surface area contributed by atoms with Crippen LogP contribution in [0.3, 0.4) is 0 Å². The van der Waals surface area contributed by atoms with Crippen LogP contribution in [0.25, 0.3) is 0 Å². The molecule has 0 saturated carbocycles. The summed E-state index contributed by atoms with van der Waals surface area (Å²) in [6.45, 7) is 6.73. The fourth-order valence-corrected chi connectivity index (χ4v) is 2.39. The van der Waals surface area contributed by atoms with Crippen molar-refractivity contribution < 1.29 is 4.79 Å². The zero-order valence-corrected chi connectivity index (χ0v) is 13.8. The summed E-state index contributed by atoms with van der Waals surface area (Å²) >= 11 is 0. The lowest BCUT2D eigenvalue weighted by Crippen LogP contribution is -2.40. The molecule has 0 spiro atoms. The average molecular weight is 296 g/mol. The fraction of sp³-hybridized carbons (Fsp3) is 0.316. The maximum atomic E-state index is 12.4. The molecule has 0 bridgehead atoms. The van der Waals surface area contributed by atoms with E-state index < -0.39 is 0 Å². The van der Waals surface area contributed by atoms with Crippen molar-refractivity contribution in [1.82, 2.24) is 5.32 Å². The van der Waals surface area contributed by atoms with Crippen molar-refractivity contribution in [3.05, 3.63) is 65.2 Å². The van der Waals surface area contributed by atoms with E-state index in [9.17, 15) is 4.79 Å². The standard InChI is InChI=1S/C19H24N2O/c1-14-9-8-12-18(16(14)3)19(22)20-13-15(2)21(4)17-10-6-5-7-11-17/h5-12,15H,13H2,1-4H3,(H,20,22)/t15-/m1/s1. The number of carbonyl (C=O) groups is 1. The highest BCUT2D eigenvalue weighted by molar-refractivity contribution is 5.95. The van der Waals surface area contributed by atoms with Gasteiger partial charge in [0.05, 0.1) is 0 Å². The number of aryl methyl sites for hydroxylation is 1. The smallest absolute Gasteiger partial charge is 0.251 e. The van der Waals surface area contributed by atoms with E-state index in [0.29, 0.717) is 6.54 Å². The zero-order chi connectivity index (χ0) is 16.1. The number of nitrogens with zero attached hydrogens (tertiary/aromatic N) is 1. The van der Waals surface area contributed by atoms with Gasteiger partial charge in [-0.1, -0.05) is 30.3 Å². The Morgan fingerprint density at radius 2 is 1.77 bits per heavy atom. The molecule has 2 aromatic carbocycles. The molecule has 0 saturated heterocycles. The molecule has 116 valence electrons. The van der Waals surface area contributed by atoms with Crippen molar-refractivity contribution in [3.63, 3.8) is 0 Å². The molecule has 0 aliphatic rings. The number of hydrogen-bond donors (Lipinski definition) is 1. The van der Waals surface area contributed by atoms with E-state index in [0.717, 1.165) is 22.4 Å². The Balaban J connectivity index is 1.97. The van der Waals surface area contributed by atoms with Gasteiger partial charge in [-0.25, -0.2) is 0 Å². The normalized spacial score (nSPS) is 11.8. The number of amides is 1. The van der Waals surface area contributed by atoms with Crippen molar-refractivity contribution in [2.75, 3.05) is 18.5 Å². The summed E-state index contributed by atoms with van der Waals surface area (Å²) in [6, 6.07) is 16.2. The molecule has 0 aromatic heterocycles. The number of para-hydroxylation sites is 1. The highest BCUT2D eigenvalue weighted by atomic mass is 16.1. The fourth-order valence-electron chi connectivity index (χ4n) is 2.39. The molecule has 1 N–H and O–H groups in total. The second-order valence-corrected chi connectivity index (χ2v) is 5.75. The van der Waals surface area contributed by atoms with Gasteiger partial charge in [0.15, 0.2) is 0 Å². The van der Waals surface area contributed by atoms with E-state index in [1.807, 2.05) is 57.3 Å². The zero-order valence-electron chi connectivity index (χ0n) is 13.8. The van der Waals surface area contributed by atoms with Crippen LogP contribution in [0.2, 0.25) is 0 Å². The highest BCUT2D eigenvalue weighted by Crippen LogP contribution is 2.15. The molecule has 22 heavy (non-hydrogen) atoms. The van der Waals surface area contributed by atoms with Crippen LogP contribution in [-0.4, -0.2) is 25.5 Å². The van der Waals surface area contributed by atoms with Gasteiger partial charge in [-0.2, -0.15) is 0 Å². The molecule has 1 atom stereocenters. The van der Waals surface area contributed by atoms with Gasteiger partial charge < -0.3 is 10.2 Å². The predicted molar refractivity (Wildman–Crippen MR) is 92.6 cm³/mol. The minimum absolute atomic E-state index is 0.00508. The number of benzene rings is 2. The third-order valence-corrected chi connectivity index (χ3v) is 4.23. The van der Waals surface area contributed by atoms with Crippen LogP contribution in [0.15, 0.2) is 48.5 Å². The molecule has 3 heteroatoms. The lowest BCUT2D eigenvalue weighted by Gasteiger charge is -2.27. The molecule has 0 heterocycles. The number of likely N-dealkylation sites (N-methyl/N-ethyl adjacent to an activating group) is 1. The van der Waals surface area contributed by atoms with Crippen molar-refractivity contribution in [1.29, 1.82) is 0 Å². The van der Waals surface area contributed by atoms with E-state index in [1.54, 1.807) is 0 Å². The lowest BCUT2D eigenvalue weighted by atomic mass is 10.0. The van der Waals surface area contributed by atoms with Crippen LogP contribution in [0.4, 0.5) is 5.69 Å². The molecule has 0 aliphatic heterocycles. The third-order valence-electron chi connectivity index (χ3n) is 4.23. The molecule has 2 rings (SSSR count). The van der Waals surface area contributed by atoms with Gasteiger partial charge >= 0.3 is 0 Å². The number of rotatable bonds is 5. The molecule has 0 fully saturated rings. The summed E-state index contributed by atoms with van der Waals surface area (Å²) in [5, 5.41) is 3.04. The van der Waals surface area contributed by atoms with Crippen molar-refractivity contribution in [2.45, 2.75) is 26.8 Å². The van der Waals surface area contributed by atoms with E-state index in [2.05, 4.69) is 29.3 Å². The van der Waals surface area contributed by atoms with E-state index in [4.69, 9.17) is 0 Å². The minimum atomic E-state index is -0.00508. The Morgan fingerprint density at radius 3 is 2.45 bits per heavy atom. The van der Waals surface area contributed by atoms with Gasteiger partial charge in [-0.15, -0.1) is 0 Å². The van der Waals surface area contributed by atoms with Gasteiger partial charge in [0.1, 0.15) is 0 Å². The summed E-state index contributed by atoms with van der Waals surface area (Å²) in [6.07, 6.45) is 0. The summed E-state index contributed by atoms with van der Waals surface area (Å²) in [5.41, 5.74) is 4.09. The quantitative estimate of drug-likeness (QED) is 0.915. The number of carbonyl (C=O) groups excluding carboxylic acids is 1. The number of anilines is 1. The van der Waals surface area contributed by atoms with Gasteiger partial charge in [0.25, 0.3) is 5.91 Å². The Bertz CT molecular complexity index is 637. The van der Waals surface area contributed by atoms with E-state index >= 15 is 0 Å². The van der Waals surface area contributed by atoms with E-state index in [-0.39, 0.29) is 11.9 Å². The van der Waals surface area contributed by atoms with Crippen molar-refractivity contribution in [3.8, 4) is 0 Å². The Morgan fingerprint density at radius 1 is 1.09 bits per heavy atom. The van der Waals surface area contributed by atoms with Crippen LogP contribution >= 0.6 is 0 Å². The molecule has 1 amide bonds. The second kappa shape index (κ2) is 7.12. The Hall–Kier alpha value is -2.29. The first-order valence-electron chi connectivity index (χ1n) is 7.63. The van der Waals surface area contributed by atoms with Crippen LogP contribution in [0.1, 0.15) is 28.4 Å². The molecule has 2 aromatic rings. The van der Waals surface area contributed by atoms with Crippen LogP contribution in [0.5, 0.6) is 0 Å². The van der Waals surface area contributed by atoms with E-state index in [1.165, 1.54) is 0 Å². The molecule has 3 nitrogen and oxygen atoms in total. The maximum absolute atomic E-state index is 12.4. The number of hydrogen-bond acceptors (Lipinski definition) is 2. The summed E-state index contributed by atoms with van der Waals surface area (Å²) in [4.78, 5) is 14.5. The highest BCUT2D eigenvalue weighted by Gasteiger charge is 2.14. The number of nitrogens with one attached hydrogen (secondary N) is 1. The van der Waals surface area contributed by atoms with Crippen LogP contribution < -0.4 is 10.2 Å². The summed E-state index contributed by atoms with van der Waals surface area (Å²) in [7, 11) is 2.05. The molecule has 0 aliphatic carbocycles. The third kappa shape index (κ3) is 3.67. The molecule has 0 radical (unpaired) electrons. The van der Waals surface area contributed by atoms with Crippen LogP contribution in [-0.2, 0) is 0 Å². The first-order valence-corrected chi connectivity index (χ1v) is 7.63. The molecular formula is C19H24N2O. The van der Waals surface area contributed by atoms with Crippen molar-refractivity contribution >= 4 is 11.6 Å². The minimum Gasteiger partial charge on any atom is -0.370 e. The average Bonchev–Trinajstić information content (AvgIpc) is 2.55. The van der Waals surface area contributed by atoms with Gasteiger partial charge in [-0.3, -0.25) is 4.79 Å². The maximum Gasteiger partial charge on any atom is 0.251 e. The second-order valence-electron chi connectivity index (χ2n) is 5.75. The first kappa shape index (κ1) is 16.1. The SMILES string of the molecule is Cc1cccc(C(=O)NC[C@@H](C)N(C)c2ccccc2)c1C. The van der Waals surface area contributed by atoms with Crippen molar-refractivity contribution in [2.24, 2.45) is 0 Å². The van der Waals surface area contributed by atoms with Gasteiger partial charge in [0, 0.05) is 30.9 Å². The lowest BCUT2D eigenvalue weighted by molar-refractivity contribution is 0.0951. The van der Waals surface area contributed by atoms with Crippen LogP contribution in [0, 0.1) is 13.8 Å². The van der Waals surface area contributed by atoms with Gasteiger partial charge in [0.2, 0.25) is 0 Å². The summed E-state index contributed by atoms with van der Waals surface area (Å²) < 4.78 is 0. The Labute approximate surface area is 133 Å². The Kier molecular flexibility index (Phi) is 5.21. The topological polar surface area (TPSA) is 32.3 Å². The predicted octanol–water partition coefficient (Wildman–Crippen LogP) is 3.56. The largest absolute Gasteiger partial charge is 0.370 e. The molecule has 0 unspecified atom stereocenters. The molecular weight excluding hydrogens is 272 g/mol. The monoisotopic (exact) mass is 296 g/mol. The van der Waals surface area contributed by atoms with Gasteiger partial charge in [-0.05, 0) is 50.1 Å². The first-order chi connectivity index (χ1) is 10.5. The summed E-state index contributed by atoms with van der Waals surface area (Å²) in [5.74, 6) is -0.00508.